The Morgan fingerprint density at radius 2 is 1.48 bits per heavy atom. The third-order valence-electron chi connectivity index (χ3n) is 4.86. The van der Waals surface area contributed by atoms with Crippen molar-refractivity contribution in [3.63, 3.8) is 0 Å². The molecule has 0 radical (unpaired) electrons. The zero-order valence-electron chi connectivity index (χ0n) is 17.7. The van der Waals surface area contributed by atoms with Gasteiger partial charge >= 0.3 is 0 Å². The maximum absolute atomic E-state index is 13.4. The van der Waals surface area contributed by atoms with Crippen molar-refractivity contribution in [1.29, 1.82) is 0 Å². The number of hydrogen-bond donors (Lipinski definition) is 1. The second-order valence-corrected chi connectivity index (χ2v) is 8.55. The lowest BCUT2D eigenvalue weighted by Gasteiger charge is -2.18. The van der Waals surface area contributed by atoms with E-state index in [9.17, 15) is 4.79 Å². The van der Waals surface area contributed by atoms with Crippen LogP contribution in [0.3, 0.4) is 0 Å². The fourth-order valence-electron chi connectivity index (χ4n) is 3.55. The molecule has 0 aliphatic carbocycles. The largest absolute Gasteiger partial charge is 0.325 e. The van der Waals surface area contributed by atoms with Crippen molar-refractivity contribution in [3.05, 3.63) is 101 Å². The summed E-state index contributed by atoms with van der Waals surface area (Å²) in [7, 11) is 0. The first-order valence-corrected chi connectivity index (χ1v) is 11.0. The number of hydrogen-bond acceptors (Lipinski definition) is 4. The second-order valence-electron chi connectivity index (χ2n) is 7.47. The highest BCUT2D eigenvalue weighted by molar-refractivity contribution is 8.00. The standard InChI is InChI=1S/C25H24N4OS/c1-17-14-18(2)16-21(15-17)26-24(30)23(20-10-6-4-7-11-20)31-25-28-27-19(3)29(25)22-12-8-5-9-13-22/h4-16,23H,1-3H3,(H,26,30)/t23-/m1/s1. The lowest BCUT2D eigenvalue weighted by molar-refractivity contribution is -0.115. The first kappa shape index (κ1) is 20.9. The molecular weight excluding hydrogens is 404 g/mol. The highest BCUT2D eigenvalue weighted by Gasteiger charge is 2.26. The van der Waals surface area contributed by atoms with Crippen molar-refractivity contribution in [2.24, 2.45) is 0 Å². The quantitative estimate of drug-likeness (QED) is 0.402. The number of carbonyl (C=O) groups excluding carboxylic acids is 1. The van der Waals surface area contributed by atoms with E-state index in [1.807, 2.05) is 98.1 Å². The van der Waals surface area contributed by atoms with Gasteiger partial charge in [0, 0.05) is 11.4 Å². The number of carbonyl (C=O) groups is 1. The van der Waals surface area contributed by atoms with Crippen LogP contribution in [0.1, 0.15) is 27.8 Å². The third kappa shape index (κ3) is 4.86. The van der Waals surface area contributed by atoms with E-state index >= 15 is 0 Å². The number of para-hydroxylation sites is 1. The smallest absolute Gasteiger partial charge is 0.242 e. The van der Waals surface area contributed by atoms with Gasteiger partial charge in [0.1, 0.15) is 11.1 Å². The summed E-state index contributed by atoms with van der Waals surface area (Å²) >= 11 is 1.40. The van der Waals surface area contributed by atoms with Crippen LogP contribution in [0.4, 0.5) is 5.69 Å². The Morgan fingerprint density at radius 3 is 2.13 bits per heavy atom. The SMILES string of the molecule is Cc1cc(C)cc(NC(=O)[C@H](Sc2nnc(C)n2-c2ccccc2)c2ccccc2)c1. The summed E-state index contributed by atoms with van der Waals surface area (Å²) in [5, 5.41) is 11.9. The maximum atomic E-state index is 13.4. The second kappa shape index (κ2) is 9.18. The van der Waals surface area contributed by atoms with E-state index in [0.717, 1.165) is 33.9 Å². The predicted octanol–water partition coefficient (Wildman–Crippen LogP) is 5.66. The maximum Gasteiger partial charge on any atom is 0.242 e. The molecule has 1 N–H and O–H groups in total. The Kier molecular flexibility index (Phi) is 6.18. The van der Waals surface area contributed by atoms with Crippen LogP contribution in [0.5, 0.6) is 0 Å². The predicted molar refractivity (Wildman–Crippen MR) is 126 cm³/mol. The molecule has 0 spiro atoms. The molecule has 0 saturated carbocycles. The Balaban J connectivity index is 1.68. The first-order chi connectivity index (χ1) is 15.0. The number of benzene rings is 3. The van der Waals surface area contributed by atoms with Gasteiger partial charge < -0.3 is 5.32 Å². The van der Waals surface area contributed by atoms with E-state index < -0.39 is 5.25 Å². The van der Waals surface area contributed by atoms with Gasteiger partial charge in [0.15, 0.2) is 5.16 Å². The van der Waals surface area contributed by atoms with Gasteiger partial charge in [-0.15, -0.1) is 10.2 Å². The highest BCUT2D eigenvalue weighted by Crippen LogP contribution is 2.36. The van der Waals surface area contributed by atoms with Crippen LogP contribution in [0, 0.1) is 20.8 Å². The third-order valence-corrected chi connectivity index (χ3v) is 6.06. The molecule has 31 heavy (non-hydrogen) atoms. The minimum absolute atomic E-state index is 0.0959. The lowest BCUT2D eigenvalue weighted by Crippen LogP contribution is -2.19. The van der Waals surface area contributed by atoms with Crippen molar-refractivity contribution in [2.45, 2.75) is 31.2 Å². The Bertz CT molecular complexity index is 1170. The molecule has 0 unspecified atom stereocenters. The van der Waals surface area contributed by atoms with Crippen LogP contribution < -0.4 is 5.32 Å². The van der Waals surface area contributed by atoms with Crippen molar-refractivity contribution < 1.29 is 4.79 Å². The number of rotatable bonds is 6. The number of aromatic nitrogens is 3. The molecule has 3 aromatic carbocycles. The van der Waals surface area contributed by atoms with Crippen LogP contribution in [0.2, 0.25) is 0 Å². The number of aryl methyl sites for hydroxylation is 3. The van der Waals surface area contributed by atoms with Crippen molar-refractivity contribution in [3.8, 4) is 5.69 Å². The van der Waals surface area contributed by atoms with E-state index in [1.54, 1.807) is 0 Å². The summed E-state index contributed by atoms with van der Waals surface area (Å²) < 4.78 is 1.98. The Hall–Kier alpha value is -3.38. The molecule has 0 fully saturated rings. The molecule has 6 heteroatoms. The normalized spacial score (nSPS) is 11.8. The van der Waals surface area contributed by atoms with Crippen LogP contribution in [-0.2, 0) is 4.79 Å². The van der Waals surface area contributed by atoms with E-state index in [1.165, 1.54) is 11.8 Å². The minimum Gasteiger partial charge on any atom is -0.325 e. The average Bonchev–Trinajstić information content (AvgIpc) is 3.12. The van der Waals surface area contributed by atoms with E-state index in [-0.39, 0.29) is 5.91 Å². The number of nitrogens with one attached hydrogen (secondary N) is 1. The van der Waals surface area contributed by atoms with Crippen molar-refractivity contribution >= 4 is 23.4 Å². The number of amides is 1. The van der Waals surface area contributed by atoms with Gasteiger partial charge in [-0.25, -0.2) is 0 Å². The summed E-state index contributed by atoms with van der Waals surface area (Å²) in [4.78, 5) is 13.4. The molecule has 4 aromatic rings. The number of thioether (sulfide) groups is 1. The molecule has 156 valence electrons. The van der Waals surface area contributed by atoms with Gasteiger partial charge in [-0.1, -0.05) is 66.4 Å². The molecule has 5 nitrogen and oxygen atoms in total. The zero-order chi connectivity index (χ0) is 21.8. The zero-order valence-corrected chi connectivity index (χ0v) is 18.6. The van der Waals surface area contributed by atoms with Crippen LogP contribution in [-0.4, -0.2) is 20.7 Å². The summed E-state index contributed by atoms with van der Waals surface area (Å²) in [6.45, 7) is 5.96. The van der Waals surface area contributed by atoms with Crippen LogP contribution >= 0.6 is 11.8 Å². The summed E-state index contributed by atoms with van der Waals surface area (Å²) in [6, 6.07) is 25.8. The summed E-state index contributed by atoms with van der Waals surface area (Å²) in [5.41, 5.74) is 4.89. The first-order valence-electron chi connectivity index (χ1n) is 10.1. The van der Waals surface area contributed by atoms with Crippen molar-refractivity contribution in [1.82, 2.24) is 14.8 Å². The monoisotopic (exact) mass is 428 g/mol. The Morgan fingerprint density at radius 1 is 0.871 bits per heavy atom. The molecule has 0 saturated heterocycles. The topological polar surface area (TPSA) is 59.8 Å². The van der Waals surface area contributed by atoms with Crippen molar-refractivity contribution in [2.75, 3.05) is 5.32 Å². The molecule has 1 amide bonds. The van der Waals surface area contributed by atoms with Gasteiger partial charge in [0.2, 0.25) is 5.91 Å². The molecule has 4 rings (SSSR count). The average molecular weight is 429 g/mol. The molecule has 1 atom stereocenters. The molecule has 0 bridgehead atoms. The molecule has 1 aromatic heterocycles. The Labute approximate surface area is 186 Å². The fourth-order valence-corrected chi connectivity index (χ4v) is 4.66. The molecule has 1 heterocycles. The van der Waals surface area contributed by atoms with Crippen LogP contribution in [0.25, 0.3) is 5.69 Å². The van der Waals surface area contributed by atoms with E-state index in [4.69, 9.17) is 0 Å². The minimum atomic E-state index is -0.479. The van der Waals surface area contributed by atoms with Gasteiger partial charge in [-0.2, -0.15) is 0 Å². The summed E-state index contributed by atoms with van der Waals surface area (Å²) in [6.07, 6.45) is 0. The highest BCUT2D eigenvalue weighted by atomic mass is 32.2. The molecule has 0 aliphatic heterocycles. The summed E-state index contributed by atoms with van der Waals surface area (Å²) in [5.74, 6) is 0.677. The lowest BCUT2D eigenvalue weighted by atomic mass is 10.1. The molecule has 0 aliphatic rings. The number of nitrogens with zero attached hydrogens (tertiary/aromatic N) is 3. The molecular formula is C25H24N4OS. The van der Waals surface area contributed by atoms with E-state index in [0.29, 0.717) is 5.16 Å². The van der Waals surface area contributed by atoms with E-state index in [2.05, 4.69) is 21.6 Å². The van der Waals surface area contributed by atoms with Gasteiger partial charge in [0.25, 0.3) is 0 Å². The van der Waals surface area contributed by atoms with Gasteiger partial charge in [0.05, 0.1) is 0 Å². The van der Waals surface area contributed by atoms with Gasteiger partial charge in [-0.3, -0.25) is 9.36 Å². The van der Waals surface area contributed by atoms with Gasteiger partial charge in [-0.05, 0) is 61.7 Å². The number of anilines is 1. The fraction of sp³-hybridized carbons (Fsp3) is 0.160. The van der Waals surface area contributed by atoms with Crippen LogP contribution in [0.15, 0.2) is 84.0 Å².